The van der Waals surface area contributed by atoms with Gasteiger partial charge in [0.15, 0.2) is 0 Å². The summed E-state index contributed by atoms with van der Waals surface area (Å²) in [6.45, 7) is 7.89. The SMILES string of the molecule is CCOC(=O)c1cc(Cl)cnc1C1CCN(Cc2cnc(N3CCOCC3)nc2)CC1. The lowest BCUT2D eigenvalue weighted by Crippen LogP contribution is -2.37. The molecule has 0 atom stereocenters. The molecule has 2 fully saturated rings. The molecule has 2 aliphatic rings. The summed E-state index contributed by atoms with van der Waals surface area (Å²) in [4.78, 5) is 30.5. The maximum atomic E-state index is 12.4. The summed E-state index contributed by atoms with van der Waals surface area (Å²) < 4.78 is 10.6. The number of morpholine rings is 1. The van der Waals surface area contributed by atoms with E-state index in [0.717, 1.165) is 76.0 Å². The summed E-state index contributed by atoms with van der Waals surface area (Å²) in [7, 11) is 0. The molecule has 9 heteroatoms. The molecule has 166 valence electrons. The van der Waals surface area contributed by atoms with Gasteiger partial charge in [0.25, 0.3) is 0 Å². The van der Waals surface area contributed by atoms with Gasteiger partial charge in [-0.05, 0) is 38.9 Å². The molecule has 4 rings (SSSR count). The molecule has 31 heavy (non-hydrogen) atoms. The standard InChI is InChI=1S/C22H28ClN5O3/c1-2-31-21(29)19-11-18(23)14-24-20(19)17-3-5-27(6-4-17)15-16-12-25-22(26-13-16)28-7-9-30-10-8-28/h11-14,17H,2-10,15H2,1H3. The number of ether oxygens (including phenoxy) is 2. The highest BCUT2D eigenvalue weighted by Gasteiger charge is 2.27. The largest absolute Gasteiger partial charge is 0.462 e. The number of esters is 1. The predicted molar refractivity (Wildman–Crippen MR) is 118 cm³/mol. The van der Waals surface area contributed by atoms with E-state index in [1.807, 2.05) is 12.4 Å². The molecule has 0 amide bonds. The summed E-state index contributed by atoms with van der Waals surface area (Å²) in [5.74, 6) is 0.631. The summed E-state index contributed by atoms with van der Waals surface area (Å²) in [6, 6.07) is 1.67. The van der Waals surface area contributed by atoms with E-state index in [0.29, 0.717) is 17.2 Å². The number of piperidine rings is 1. The Kier molecular flexibility index (Phi) is 7.32. The Bertz CT molecular complexity index is 881. The van der Waals surface area contributed by atoms with Crippen LogP contribution in [0.4, 0.5) is 5.95 Å². The molecular weight excluding hydrogens is 418 g/mol. The van der Waals surface area contributed by atoms with Crippen molar-refractivity contribution in [2.75, 3.05) is 50.9 Å². The highest BCUT2D eigenvalue weighted by molar-refractivity contribution is 6.30. The number of anilines is 1. The molecule has 2 aromatic heterocycles. The second-order valence-electron chi connectivity index (χ2n) is 7.85. The van der Waals surface area contributed by atoms with Crippen LogP contribution in [0, 0.1) is 0 Å². The van der Waals surface area contributed by atoms with Crippen molar-refractivity contribution in [3.05, 3.63) is 46.5 Å². The zero-order valence-electron chi connectivity index (χ0n) is 17.8. The first-order valence-electron chi connectivity index (χ1n) is 10.8. The molecule has 2 aromatic rings. The molecule has 0 bridgehead atoms. The zero-order valence-corrected chi connectivity index (χ0v) is 18.6. The quantitative estimate of drug-likeness (QED) is 0.628. The average Bonchev–Trinajstić information content (AvgIpc) is 2.81. The molecule has 0 aliphatic carbocycles. The Hall–Kier alpha value is -2.29. The normalized spacial score (nSPS) is 18.2. The van der Waals surface area contributed by atoms with E-state index >= 15 is 0 Å². The molecular formula is C22H28ClN5O3. The first-order valence-corrected chi connectivity index (χ1v) is 11.2. The van der Waals surface area contributed by atoms with Gasteiger partial charge in [0.05, 0.1) is 36.1 Å². The Morgan fingerprint density at radius 1 is 1.13 bits per heavy atom. The highest BCUT2D eigenvalue weighted by Crippen LogP contribution is 2.31. The van der Waals surface area contributed by atoms with E-state index in [2.05, 4.69) is 24.8 Å². The molecule has 0 aromatic carbocycles. The van der Waals surface area contributed by atoms with Gasteiger partial charge in [-0.25, -0.2) is 14.8 Å². The number of hydrogen-bond donors (Lipinski definition) is 0. The summed E-state index contributed by atoms with van der Waals surface area (Å²) >= 11 is 6.07. The van der Waals surface area contributed by atoms with E-state index in [4.69, 9.17) is 21.1 Å². The van der Waals surface area contributed by atoms with Crippen molar-refractivity contribution in [3.63, 3.8) is 0 Å². The molecule has 2 aliphatic heterocycles. The van der Waals surface area contributed by atoms with Crippen LogP contribution in [0.1, 0.15) is 47.3 Å². The van der Waals surface area contributed by atoms with Crippen LogP contribution in [0.5, 0.6) is 0 Å². The van der Waals surface area contributed by atoms with Crippen LogP contribution in [-0.2, 0) is 16.0 Å². The third-order valence-electron chi connectivity index (χ3n) is 5.75. The molecule has 2 saturated heterocycles. The zero-order chi connectivity index (χ0) is 21.6. The second-order valence-corrected chi connectivity index (χ2v) is 8.28. The fourth-order valence-electron chi connectivity index (χ4n) is 4.13. The van der Waals surface area contributed by atoms with Crippen molar-refractivity contribution in [2.45, 2.75) is 32.2 Å². The minimum Gasteiger partial charge on any atom is -0.462 e. The predicted octanol–water partition coefficient (Wildman–Crippen LogP) is 2.92. The van der Waals surface area contributed by atoms with Gasteiger partial charge in [0.2, 0.25) is 5.95 Å². The number of carbonyl (C=O) groups excluding carboxylic acids is 1. The number of pyridine rings is 1. The minimum atomic E-state index is -0.354. The Balaban J connectivity index is 1.34. The van der Waals surface area contributed by atoms with Crippen LogP contribution in [0.3, 0.4) is 0 Å². The number of halogens is 1. The number of carbonyl (C=O) groups is 1. The van der Waals surface area contributed by atoms with Crippen molar-refractivity contribution < 1.29 is 14.3 Å². The van der Waals surface area contributed by atoms with Gasteiger partial charge in [0, 0.05) is 49.7 Å². The molecule has 8 nitrogen and oxygen atoms in total. The summed E-state index contributed by atoms with van der Waals surface area (Å²) in [6.07, 6.45) is 7.30. The smallest absolute Gasteiger partial charge is 0.340 e. The maximum Gasteiger partial charge on any atom is 0.340 e. The van der Waals surface area contributed by atoms with E-state index in [1.165, 1.54) is 0 Å². The van der Waals surface area contributed by atoms with Gasteiger partial charge >= 0.3 is 5.97 Å². The Labute approximate surface area is 187 Å². The van der Waals surface area contributed by atoms with Gasteiger partial charge in [0.1, 0.15) is 0 Å². The van der Waals surface area contributed by atoms with Crippen molar-refractivity contribution in [1.82, 2.24) is 19.9 Å². The highest BCUT2D eigenvalue weighted by atomic mass is 35.5. The van der Waals surface area contributed by atoms with Gasteiger partial charge < -0.3 is 14.4 Å². The number of hydrogen-bond acceptors (Lipinski definition) is 8. The lowest BCUT2D eigenvalue weighted by Gasteiger charge is -2.32. The van der Waals surface area contributed by atoms with E-state index < -0.39 is 0 Å². The molecule has 4 heterocycles. The van der Waals surface area contributed by atoms with E-state index in [1.54, 1.807) is 19.2 Å². The van der Waals surface area contributed by atoms with Crippen LogP contribution in [-0.4, -0.2) is 71.8 Å². The lowest BCUT2D eigenvalue weighted by molar-refractivity contribution is 0.0523. The summed E-state index contributed by atoms with van der Waals surface area (Å²) in [5.41, 5.74) is 2.38. The number of likely N-dealkylation sites (tertiary alicyclic amines) is 1. The Morgan fingerprint density at radius 3 is 2.52 bits per heavy atom. The number of nitrogens with zero attached hydrogens (tertiary/aromatic N) is 5. The third-order valence-corrected chi connectivity index (χ3v) is 5.95. The molecule has 0 saturated carbocycles. The van der Waals surface area contributed by atoms with Crippen LogP contribution in [0.2, 0.25) is 5.02 Å². The number of rotatable bonds is 6. The van der Waals surface area contributed by atoms with Gasteiger partial charge in [-0.2, -0.15) is 0 Å². The van der Waals surface area contributed by atoms with Crippen LogP contribution in [0.25, 0.3) is 0 Å². The molecule has 0 unspecified atom stereocenters. The van der Waals surface area contributed by atoms with Crippen LogP contribution >= 0.6 is 11.6 Å². The van der Waals surface area contributed by atoms with E-state index in [9.17, 15) is 4.79 Å². The lowest BCUT2D eigenvalue weighted by atomic mass is 9.90. The summed E-state index contributed by atoms with van der Waals surface area (Å²) in [5, 5.41) is 0.449. The van der Waals surface area contributed by atoms with Gasteiger partial charge in [-0.1, -0.05) is 11.6 Å². The average molecular weight is 446 g/mol. The van der Waals surface area contributed by atoms with Crippen molar-refractivity contribution in [3.8, 4) is 0 Å². The van der Waals surface area contributed by atoms with Gasteiger partial charge in [-0.15, -0.1) is 0 Å². The Morgan fingerprint density at radius 2 is 1.84 bits per heavy atom. The first-order chi connectivity index (χ1) is 15.1. The maximum absolute atomic E-state index is 12.4. The minimum absolute atomic E-state index is 0.216. The van der Waals surface area contributed by atoms with Crippen LogP contribution in [0.15, 0.2) is 24.7 Å². The first kappa shape index (κ1) is 21.9. The van der Waals surface area contributed by atoms with Crippen LogP contribution < -0.4 is 4.90 Å². The van der Waals surface area contributed by atoms with Crippen molar-refractivity contribution >= 4 is 23.5 Å². The van der Waals surface area contributed by atoms with E-state index in [-0.39, 0.29) is 11.9 Å². The third kappa shape index (κ3) is 5.50. The topological polar surface area (TPSA) is 80.7 Å². The van der Waals surface area contributed by atoms with Gasteiger partial charge in [-0.3, -0.25) is 9.88 Å². The van der Waals surface area contributed by atoms with Crippen molar-refractivity contribution in [2.24, 2.45) is 0 Å². The molecule has 0 radical (unpaired) electrons. The monoisotopic (exact) mass is 445 g/mol. The number of aromatic nitrogens is 3. The fraction of sp³-hybridized carbons (Fsp3) is 0.545. The molecule has 0 spiro atoms. The van der Waals surface area contributed by atoms with Crippen molar-refractivity contribution in [1.29, 1.82) is 0 Å². The fourth-order valence-corrected chi connectivity index (χ4v) is 4.28. The molecule has 0 N–H and O–H groups in total. The second kappa shape index (κ2) is 10.3.